The fraction of sp³-hybridized carbons (Fsp3) is 0.545. The topological polar surface area (TPSA) is 74.4 Å². The number of H-pyrrole nitrogens is 1. The minimum atomic E-state index is -0.494. The van der Waals surface area contributed by atoms with Crippen molar-refractivity contribution in [2.75, 3.05) is 13.1 Å². The molecule has 6 nitrogen and oxygen atoms in total. The zero-order chi connectivity index (χ0) is 20.5. The molecule has 6 heteroatoms. The number of aromatic nitrogens is 1. The van der Waals surface area contributed by atoms with Crippen molar-refractivity contribution < 1.29 is 14.3 Å². The number of amides is 2. The summed E-state index contributed by atoms with van der Waals surface area (Å²) in [5, 5.41) is 4.04. The molecule has 0 radical (unpaired) electrons. The molecule has 1 heterocycles. The van der Waals surface area contributed by atoms with Crippen molar-refractivity contribution >= 4 is 22.9 Å². The van der Waals surface area contributed by atoms with Crippen LogP contribution in [0, 0.1) is 13.8 Å². The van der Waals surface area contributed by atoms with Crippen LogP contribution in [0.4, 0.5) is 4.79 Å². The van der Waals surface area contributed by atoms with Crippen molar-refractivity contribution in [3.05, 3.63) is 35.0 Å². The lowest BCUT2D eigenvalue weighted by Crippen LogP contribution is -2.39. The summed E-state index contributed by atoms with van der Waals surface area (Å²) < 4.78 is 5.50. The van der Waals surface area contributed by atoms with E-state index >= 15 is 0 Å². The highest BCUT2D eigenvalue weighted by molar-refractivity contribution is 5.99. The lowest BCUT2D eigenvalue weighted by Gasteiger charge is -2.27. The number of nitrogens with one attached hydrogen (secondary N) is 2. The van der Waals surface area contributed by atoms with Crippen LogP contribution < -0.4 is 5.32 Å². The molecule has 0 atom stereocenters. The zero-order valence-electron chi connectivity index (χ0n) is 17.5. The molecule has 1 saturated carbocycles. The quantitative estimate of drug-likeness (QED) is 0.728. The van der Waals surface area contributed by atoms with Gasteiger partial charge in [0, 0.05) is 41.3 Å². The lowest BCUT2D eigenvalue weighted by atomic mass is 10.1. The van der Waals surface area contributed by atoms with Crippen LogP contribution in [0.25, 0.3) is 10.9 Å². The summed E-state index contributed by atoms with van der Waals surface area (Å²) in [5.74, 6) is -0.0876. The molecule has 2 N–H and O–H groups in total. The summed E-state index contributed by atoms with van der Waals surface area (Å²) in [4.78, 5) is 30.0. The van der Waals surface area contributed by atoms with E-state index < -0.39 is 5.60 Å². The fourth-order valence-corrected chi connectivity index (χ4v) is 3.29. The van der Waals surface area contributed by atoms with Gasteiger partial charge in [0.15, 0.2) is 0 Å². The van der Waals surface area contributed by atoms with Gasteiger partial charge in [-0.3, -0.25) is 4.79 Å². The first-order chi connectivity index (χ1) is 13.2. The smallest absolute Gasteiger partial charge is 0.410 e. The van der Waals surface area contributed by atoms with E-state index in [-0.39, 0.29) is 18.0 Å². The summed E-state index contributed by atoms with van der Waals surface area (Å²) in [5.41, 5.74) is 3.49. The Bertz CT molecular complexity index is 875. The van der Waals surface area contributed by atoms with Crippen molar-refractivity contribution in [2.24, 2.45) is 0 Å². The number of aromatic amines is 1. The molecule has 1 aliphatic carbocycles. The van der Waals surface area contributed by atoms with E-state index in [1.807, 2.05) is 45.9 Å². The van der Waals surface area contributed by atoms with Gasteiger partial charge in [0.05, 0.1) is 0 Å². The molecule has 0 spiro atoms. The summed E-state index contributed by atoms with van der Waals surface area (Å²) in [6.45, 7) is 10.8. The molecular weight excluding hydrogens is 354 g/mol. The van der Waals surface area contributed by atoms with Gasteiger partial charge in [0.25, 0.3) is 5.91 Å². The highest BCUT2D eigenvalue weighted by atomic mass is 16.6. The molecule has 3 rings (SSSR count). The van der Waals surface area contributed by atoms with Crippen LogP contribution in [0.1, 0.15) is 61.6 Å². The number of carbonyl (C=O) groups excluding carboxylic acids is 2. The molecule has 1 aliphatic rings. The molecule has 2 aromatic rings. The molecule has 152 valence electrons. The van der Waals surface area contributed by atoms with Crippen LogP contribution in [0.2, 0.25) is 0 Å². The van der Waals surface area contributed by atoms with Crippen molar-refractivity contribution in [1.29, 1.82) is 0 Å². The van der Waals surface area contributed by atoms with Crippen LogP contribution in [0.5, 0.6) is 0 Å². The first-order valence-electron chi connectivity index (χ1n) is 10.0. The number of benzene rings is 1. The number of nitrogens with zero attached hydrogens (tertiary/aromatic N) is 1. The van der Waals surface area contributed by atoms with E-state index in [1.54, 1.807) is 4.90 Å². The van der Waals surface area contributed by atoms with E-state index in [4.69, 9.17) is 4.74 Å². The summed E-state index contributed by atoms with van der Waals surface area (Å²) in [6.07, 6.45) is 2.50. The van der Waals surface area contributed by atoms with Crippen molar-refractivity contribution in [3.8, 4) is 0 Å². The number of fused-ring (bicyclic) bond motifs is 1. The highest BCUT2D eigenvalue weighted by Gasteiger charge is 2.34. The second kappa shape index (κ2) is 7.86. The monoisotopic (exact) mass is 385 g/mol. The third kappa shape index (κ3) is 4.86. The predicted octanol–water partition coefficient (Wildman–Crippen LogP) is 4.30. The van der Waals surface area contributed by atoms with Gasteiger partial charge in [-0.15, -0.1) is 0 Å². The second-order valence-corrected chi connectivity index (χ2v) is 8.65. The fourth-order valence-electron chi connectivity index (χ4n) is 3.29. The third-order valence-corrected chi connectivity index (χ3v) is 5.05. The highest BCUT2D eigenvalue weighted by Crippen LogP contribution is 2.28. The van der Waals surface area contributed by atoms with Gasteiger partial charge >= 0.3 is 6.09 Å². The van der Waals surface area contributed by atoms with Gasteiger partial charge in [-0.2, -0.15) is 0 Å². The van der Waals surface area contributed by atoms with Crippen LogP contribution in [0.15, 0.2) is 18.2 Å². The largest absolute Gasteiger partial charge is 0.444 e. The molecule has 0 aliphatic heterocycles. The second-order valence-electron chi connectivity index (χ2n) is 8.65. The van der Waals surface area contributed by atoms with E-state index in [9.17, 15) is 9.59 Å². The molecular formula is C22H31N3O3. The summed E-state index contributed by atoms with van der Waals surface area (Å²) in [6, 6.07) is 6.00. The Labute approximate surface area is 166 Å². The third-order valence-electron chi connectivity index (χ3n) is 5.05. The molecule has 28 heavy (non-hydrogen) atoms. The number of carbonyl (C=O) groups is 2. The van der Waals surface area contributed by atoms with Gasteiger partial charge in [0.2, 0.25) is 0 Å². The van der Waals surface area contributed by atoms with E-state index in [0.29, 0.717) is 25.1 Å². The number of hydrogen-bond donors (Lipinski definition) is 2. The van der Waals surface area contributed by atoms with Crippen molar-refractivity contribution in [2.45, 2.75) is 65.5 Å². The molecule has 0 bridgehead atoms. The SMILES string of the molecule is Cc1[nH]c2ccc(C(=O)NCCCN(C(=O)OC(C)(C)C)C3CC3)cc2c1C. The van der Waals surface area contributed by atoms with Gasteiger partial charge in [-0.25, -0.2) is 4.79 Å². The van der Waals surface area contributed by atoms with Crippen LogP contribution in [-0.2, 0) is 4.74 Å². The Kier molecular flexibility index (Phi) is 5.68. The Morgan fingerprint density at radius 1 is 1.25 bits per heavy atom. The van der Waals surface area contributed by atoms with E-state index in [0.717, 1.165) is 29.4 Å². The maximum atomic E-state index is 12.5. The Morgan fingerprint density at radius 3 is 2.61 bits per heavy atom. The maximum absolute atomic E-state index is 12.5. The molecule has 0 saturated heterocycles. The standard InChI is InChI=1S/C22H31N3O3/c1-14-15(2)24-19-10-7-16(13-18(14)19)20(26)23-11-6-12-25(17-8-9-17)21(27)28-22(3,4)5/h7,10,13,17,24H,6,8-9,11-12H2,1-5H3,(H,23,26). The van der Waals surface area contributed by atoms with E-state index in [1.165, 1.54) is 5.56 Å². The normalized spacial score (nSPS) is 14.2. The van der Waals surface area contributed by atoms with Gasteiger partial charge in [-0.05, 0) is 77.6 Å². The lowest BCUT2D eigenvalue weighted by molar-refractivity contribution is 0.0232. The van der Waals surface area contributed by atoms with E-state index in [2.05, 4.69) is 17.2 Å². The molecule has 1 fully saturated rings. The summed E-state index contributed by atoms with van der Waals surface area (Å²) >= 11 is 0. The van der Waals surface area contributed by atoms with Gasteiger partial charge in [0.1, 0.15) is 5.60 Å². The van der Waals surface area contributed by atoms with Gasteiger partial charge in [-0.1, -0.05) is 0 Å². The molecule has 1 aromatic carbocycles. The zero-order valence-corrected chi connectivity index (χ0v) is 17.5. The minimum absolute atomic E-state index is 0.0876. The Morgan fingerprint density at radius 2 is 1.96 bits per heavy atom. The molecule has 0 unspecified atom stereocenters. The molecule has 2 amide bonds. The predicted molar refractivity (Wildman–Crippen MR) is 111 cm³/mol. The Balaban J connectivity index is 1.52. The van der Waals surface area contributed by atoms with Crippen molar-refractivity contribution in [3.63, 3.8) is 0 Å². The average molecular weight is 386 g/mol. The Hall–Kier alpha value is -2.50. The van der Waals surface area contributed by atoms with Crippen LogP contribution in [-0.4, -0.2) is 46.6 Å². The average Bonchev–Trinajstić information content (AvgIpc) is 3.40. The van der Waals surface area contributed by atoms with Crippen LogP contribution >= 0.6 is 0 Å². The maximum Gasteiger partial charge on any atom is 0.410 e. The summed E-state index contributed by atoms with van der Waals surface area (Å²) in [7, 11) is 0. The minimum Gasteiger partial charge on any atom is -0.444 e. The number of aryl methyl sites for hydroxylation is 2. The van der Waals surface area contributed by atoms with Crippen molar-refractivity contribution in [1.82, 2.24) is 15.2 Å². The number of rotatable bonds is 6. The van der Waals surface area contributed by atoms with Gasteiger partial charge < -0.3 is 19.9 Å². The number of hydrogen-bond acceptors (Lipinski definition) is 3. The number of ether oxygens (including phenoxy) is 1. The molecule has 1 aromatic heterocycles. The first-order valence-corrected chi connectivity index (χ1v) is 10.0. The van der Waals surface area contributed by atoms with Crippen LogP contribution in [0.3, 0.4) is 0 Å². The first kappa shape index (κ1) is 20.2.